The van der Waals surface area contributed by atoms with Crippen molar-refractivity contribution in [2.45, 2.75) is 84.0 Å². The summed E-state index contributed by atoms with van der Waals surface area (Å²) in [6.45, 7) is 2.12. The number of nitrogens with zero attached hydrogens (tertiary/aromatic N) is 1. The van der Waals surface area contributed by atoms with Gasteiger partial charge >= 0.3 is 5.97 Å². The van der Waals surface area contributed by atoms with E-state index in [9.17, 15) is 14.4 Å². The van der Waals surface area contributed by atoms with Crippen LogP contribution in [0.3, 0.4) is 0 Å². The Morgan fingerprint density at radius 2 is 1.31 bits per heavy atom. The Balaban J connectivity index is 1.54. The van der Waals surface area contributed by atoms with Crippen molar-refractivity contribution < 1.29 is 23.9 Å². The van der Waals surface area contributed by atoms with Crippen molar-refractivity contribution in [3.05, 3.63) is 59.7 Å². The second kappa shape index (κ2) is 19.4. The third-order valence-corrected chi connectivity index (χ3v) is 6.27. The van der Waals surface area contributed by atoms with Crippen LogP contribution in [-0.2, 0) is 9.59 Å². The molecule has 212 valence electrons. The smallest absolute Gasteiger partial charge is 0.343 e. The van der Waals surface area contributed by atoms with Crippen molar-refractivity contribution in [2.24, 2.45) is 5.10 Å². The van der Waals surface area contributed by atoms with Crippen LogP contribution in [0.2, 0.25) is 0 Å². The maximum Gasteiger partial charge on any atom is 0.343 e. The van der Waals surface area contributed by atoms with Crippen LogP contribution < -0.4 is 20.2 Å². The Hall–Kier alpha value is -3.68. The van der Waals surface area contributed by atoms with Gasteiger partial charge < -0.3 is 14.8 Å². The minimum atomic E-state index is -0.475. The lowest BCUT2D eigenvalue weighted by molar-refractivity contribution is -0.126. The maximum atomic E-state index is 12.2. The van der Waals surface area contributed by atoms with Crippen LogP contribution in [0.5, 0.6) is 11.5 Å². The number of carbonyl (C=O) groups is 3. The van der Waals surface area contributed by atoms with Crippen LogP contribution >= 0.6 is 0 Å². The lowest BCUT2D eigenvalue weighted by Crippen LogP contribution is -2.34. The van der Waals surface area contributed by atoms with E-state index in [0.717, 1.165) is 19.3 Å². The molecule has 0 aliphatic rings. The summed E-state index contributed by atoms with van der Waals surface area (Å²) in [4.78, 5) is 36.1. The van der Waals surface area contributed by atoms with Gasteiger partial charge in [0.05, 0.1) is 25.4 Å². The van der Waals surface area contributed by atoms with E-state index >= 15 is 0 Å². The number of hydrazone groups is 1. The number of benzene rings is 2. The number of hydrogen-bond acceptors (Lipinski definition) is 6. The minimum Gasteiger partial charge on any atom is -0.497 e. The lowest BCUT2D eigenvalue weighted by Gasteiger charge is -2.06. The SMILES string of the molecule is CCCCCCCCCCCCCC(=O)NCC(=O)NN=Cc1ccc(OC(=O)c2ccc(OC)cc2)cc1. The van der Waals surface area contributed by atoms with Crippen LogP contribution in [-0.4, -0.2) is 37.7 Å². The summed E-state index contributed by atoms with van der Waals surface area (Å²) in [5, 5.41) is 6.54. The summed E-state index contributed by atoms with van der Waals surface area (Å²) < 4.78 is 10.4. The zero-order valence-electron chi connectivity index (χ0n) is 23.4. The Labute approximate surface area is 232 Å². The van der Waals surface area contributed by atoms with Crippen LogP contribution in [0.4, 0.5) is 0 Å². The number of rotatable bonds is 19. The predicted molar refractivity (Wildman–Crippen MR) is 154 cm³/mol. The number of methoxy groups -OCH3 is 1. The lowest BCUT2D eigenvalue weighted by atomic mass is 10.1. The molecule has 2 aromatic carbocycles. The second-order valence-corrected chi connectivity index (χ2v) is 9.54. The number of amides is 2. The Bertz CT molecular complexity index is 1020. The van der Waals surface area contributed by atoms with E-state index in [1.54, 1.807) is 55.6 Å². The fourth-order valence-electron chi connectivity index (χ4n) is 3.95. The van der Waals surface area contributed by atoms with Crippen LogP contribution in [0.25, 0.3) is 0 Å². The molecule has 2 amide bonds. The van der Waals surface area contributed by atoms with E-state index in [0.29, 0.717) is 29.0 Å². The van der Waals surface area contributed by atoms with E-state index in [1.165, 1.54) is 57.6 Å². The standard InChI is InChI=1S/C31H43N3O5/c1-3-4-5-6-7-8-9-10-11-12-13-14-29(35)32-24-30(36)34-33-23-25-15-19-28(20-16-25)39-31(37)26-17-21-27(38-2)22-18-26/h15-23H,3-14,24H2,1-2H3,(H,32,35)(H,34,36). The average Bonchev–Trinajstić information content (AvgIpc) is 2.95. The summed E-state index contributed by atoms with van der Waals surface area (Å²) in [7, 11) is 1.56. The number of hydrogen-bond donors (Lipinski definition) is 2. The monoisotopic (exact) mass is 537 g/mol. The van der Waals surface area contributed by atoms with Gasteiger partial charge in [0.1, 0.15) is 11.5 Å². The summed E-state index contributed by atoms with van der Waals surface area (Å²) in [5.74, 6) is 0.0482. The molecule has 2 N–H and O–H groups in total. The van der Waals surface area contributed by atoms with Crippen molar-refractivity contribution in [1.82, 2.24) is 10.7 Å². The molecule has 0 aliphatic heterocycles. The van der Waals surface area contributed by atoms with E-state index in [4.69, 9.17) is 9.47 Å². The van der Waals surface area contributed by atoms with Crippen LogP contribution in [0.1, 0.15) is 99.9 Å². The summed E-state index contributed by atoms with van der Waals surface area (Å²) in [6, 6.07) is 13.3. The zero-order chi connectivity index (χ0) is 28.1. The molecule has 0 saturated carbocycles. The first-order valence-corrected chi connectivity index (χ1v) is 14.1. The van der Waals surface area contributed by atoms with Crippen molar-refractivity contribution in [1.29, 1.82) is 0 Å². The van der Waals surface area contributed by atoms with E-state index < -0.39 is 11.9 Å². The highest BCUT2D eigenvalue weighted by atomic mass is 16.5. The fraction of sp³-hybridized carbons (Fsp3) is 0.484. The molecule has 0 fully saturated rings. The number of unbranched alkanes of at least 4 members (excludes halogenated alkanes) is 10. The molecular formula is C31H43N3O5. The van der Waals surface area contributed by atoms with E-state index in [-0.39, 0.29) is 12.5 Å². The molecule has 0 radical (unpaired) electrons. The molecule has 39 heavy (non-hydrogen) atoms. The Morgan fingerprint density at radius 1 is 0.744 bits per heavy atom. The Kier molecular flexibility index (Phi) is 15.7. The van der Waals surface area contributed by atoms with Gasteiger partial charge in [-0.3, -0.25) is 9.59 Å². The number of carbonyl (C=O) groups excluding carboxylic acids is 3. The molecule has 0 aliphatic carbocycles. The third kappa shape index (κ3) is 14.2. The van der Waals surface area contributed by atoms with Crippen molar-refractivity contribution in [3.63, 3.8) is 0 Å². The van der Waals surface area contributed by atoms with Gasteiger partial charge in [0.25, 0.3) is 5.91 Å². The molecule has 0 atom stereocenters. The highest BCUT2D eigenvalue weighted by molar-refractivity contribution is 5.91. The number of nitrogens with one attached hydrogen (secondary N) is 2. The zero-order valence-corrected chi connectivity index (χ0v) is 23.4. The third-order valence-electron chi connectivity index (χ3n) is 6.27. The molecule has 8 nitrogen and oxygen atoms in total. The van der Waals surface area contributed by atoms with E-state index in [2.05, 4.69) is 22.8 Å². The van der Waals surface area contributed by atoms with Gasteiger partial charge in [-0.25, -0.2) is 10.2 Å². The van der Waals surface area contributed by atoms with Crippen molar-refractivity contribution >= 4 is 24.0 Å². The molecular weight excluding hydrogens is 494 g/mol. The molecule has 0 aromatic heterocycles. The van der Waals surface area contributed by atoms with Gasteiger partial charge in [-0.2, -0.15) is 5.10 Å². The number of ether oxygens (including phenoxy) is 2. The summed E-state index contributed by atoms with van der Waals surface area (Å²) >= 11 is 0. The molecule has 8 heteroatoms. The minimum absolute atomic E-state index is 0.117. The first kappa shape index (κ1) is 31.5. The Morgan fingerprint density at radius 3 is 1.90 bits per heavy atom. The van der Waals surface area contributed by atoms with Gasteiger partial charge in [0.15, 0.2) is 0 Å². The van der Waals surface area contributed by atoms with Crippen molar-refractivity contribution in [3.8, 4) is 11.5 Å². The maximum absolute atomic E-state index is 12.2. The van der Waals surface area contributed by atoms with Crippen molar-refractivity contribution in [2.75, 3.05) is 13.7 Å². The topological polar surface area (TPSA) is 106 Å². The first-order chi connectivity index (χ1) is 19.0. The highest BCUT2D eigenvalue weighted by Crippen LogP contribution is 2.16. The molecule has 2 rings (SSSR count). The quantitative estimate of drug-likeness (QED) is 0.0732. The fourth-order valence-corrected chi connectivity index (χ4v) is 3.95. The summed E-state index contributed by atoms with van der Waals surface area (Å²) in [6.07, 6.45) is 15.4. The first-order valence-electron chi connectivity index (χ1n) is 14.1. The summed E-state index contributed by atoms with van der Waals surface area (Å²) in [5.41, 5.74) is 3.52. The molecule has 0 heterocycles. The number of esters is 1. The molecule has 2 aromatic rings. The second-order valence-electron chi connectivity index (χ2n) is 9.54. The highest BCUT2D eigenvalue weighted by Gasteiger charge is 2.09. The van der Waals surface area contributed by atoms with Gasteiger partial charge in [-0.05, 0) is 60.5 Å². The normalized spacial score (nSPS) is 10.8. The average molecular weight is 538 g/mol. The van der Waals surface area contributed by atoms with Crippen LogP contribution in [0.15, 0.2) is 53.6 Å². The predicted octanol–water partition coefficient (Wildman–Crippen LogP) is 6.18. The molecule has 0 unspecified atom stereocenters. The molecule has 0 saturated heterocycles. The molecule has 0 spiro atoms. The molecule has 0 bridgehead atoms. The largest absolute Gasteiger partial charge is 0.497 e. The van der Waals surface area contributed by atoms with Crippen LogP contribution in [0, 0.1) is 0 Å². The van der Waals surface area contributed by atoms with E-state index in [1.807, 2.05) is 0 Å². The van der Waals surface area contributed by atoms with Gasteiger partial charge in [-0.1, -0.05) is 71.1 Å². The van der Waals surface area contributed by atoms with Gasteiger partial charge in [0, 0.05) is 6.42 Å². The van der Waals surface area contributed by atoms with Gasteiger partial charge in [0.2, 0.25) is 5.91 Å². The van der Waals surface area contributed by atoms with Gasteiger partial charge in [-0.15, -0.1) is 0 Å².